The molecule has 0 amide bonds. The van der Waals surface area contributed by atoms with Gasteiger partial charge in [-0.05, 0) is 31.9 Å². The summed E-state index contributed by atoms with van der Waals surface area (Å²) < 4.78 is 5.34. The van der Waals surface area contributed by atoms with E-state index in [2.05, 4.69) is 0 Å². The third-order valence-corrected chi connectivity index (χ3v) is 2.55. The van der Waals surface area contributed by atoms with Crippen molar-refractivity contribution in [1.29, 1.82) is 0 Å². The first-order chi connectivity index (χ1) is 7.94. The van der Waals surface area contributed by atoms with E-state index < -0.39 is 5.79 Å². The van der Waals surface area contributed by atoms with Gasteiger partial charge >= 0.3 is 0 Å². The first kappa shape index (κ1) is 14.0. The fraction of sp³-hybridized carbons (Fsp3) is 0.538. The van der Waals surface area contributed by atoms with Crippen LogP contribution in [0.1, 0.15) is 31.7 Å². The molecule has 0 heterocycles. The van der Waals surface area contributed by atoms with Crippen molar-refractivity contribution in [2.45, 2.75) is 32.0 Å². The molecule has 0 bridgehead atoms. The molecule has 1 rings (SSSR count). The maximum Gasteiger partial charge on any atom is 0.159 e. The second-order valence-corrected chi connectivity index (χ2v) is 4.60. The van der Waals surface area contributed by atoms with E-state index in [-0.39, 0.29) is 12.5 Å². The predicted molar refractivity (Wildman–Crippen MR) is 67.5 cm³/mol. The maximum atomic E-state index is 9.53. The largest absolute Gasteiger partial charge is 0.398 e. The fourth-order valence-electron chi connectivity index (χ4n) is 1.67. The molecule has 0 radical (unpaired) electrons. The van der Waals surface area contributed by atoms with E-state index >= 15 is 0 Å². The first-order valence-corrected chi connectivity index (χ1v) is 5.75. The summed E-state index contributed by atoms with van der Waals surface area (Å²) in [4.78, 5) is 0. The molecule has 0 saturated carbocycles. The number of aliphatic hydroxyl groups excluding tert-OH is 1. The third-order valence-electron chi connectivity index (χ3n) is 2.55. The number of nitrogens with two attached hydrogens (primary N) is 1. The lowest BCUT2D eigenvalue weighted by Gasteiger charge is -2.24. The van der Waals surface area contributed by atoms with E-state index in [1.807, 2.05) is 24.3 Å². The Morgan fingerprint density at radius 1 is 1.35 bits per heavy atom. The molecular weight excluding hydrogens is 218 g/mol. The van der Waals surface area contributed by atoms with Crippen molar-refractivity contribution < 1.29 is 14.9 Å². The van der Waals surface area contributed by atoms with Crippen LogP contribution in [0, 0.1) is 0 Å². The van der Waals surface area contributed by atoms with Crippen LogP contribution in [0.5, 0.6) is 0 Å². The molecule has 1 unspecified atom stereocenters. The zero-order valence-electron chi connectivity index (χ0n) is 10.4. The Hall–Kier alpha value is -1.10. The average molecular weight is 239 g/mol. The summed E-state index contributed by atoms with van der Waals surface area (Å²) in [5, 5.41) is 18.6. The number of nitrogen functional groups attached to an aromatic ring is 1. The van der Waals surface area contributed by atoms with Gasteiger partial charge < -0.3 is 20.7 Å². The Morgan fingerprint density at radius 3 is 2.53 bits per heavy atom. The van der Waals surface area contributed by atoms with Gasteiger partial charge in [-0.2, -0.15) is 0 Å². The van der Waals surface area contributed by atoms with Crippen molar-refractivity contribution >= 4 is 5.69 Å². The van der Waals surface area contributed by atoms with Crippen LogP contribution < -0.4 is 5.73 Å². The molecule has 96 valence electrons. The topological polar surface area (TPSA) is 75.7 Å². The second kappa shape index (κ2) is 6.00. The van der Waals surface area contributed by atoms with Gasteiger partial charge in [0.1, 0.15) is 0 Å². The highest BCUT2D eigenvalue weighted by Gasteiger charge is 2.19. The zero-order chi connectivity index (χ0) is 12.9. The molecule has 1 aromatic carbocycles. The van der Waals surface area contributed by atoms with Gasteiger partial charge in [-0.3, -0.25) is 0 Å². The Labute approximate surface area is 102 Å². The highest BCUT2D eigenvalue weighted by atomic mass is 16.6. The highest BCUT2D eigenvalue weighted by molar-refractivity contribution is 5.48. The van der Waals surface area contributed by atoms with Crippen LogP contribution in [0.15, 0.2) is 24.3 Å². The normalized spacial score (nSPS) is 13.6. The molecule has 0 aromatic heterocycles. The second-order valence-electron chi connectivity index (χ2n) is 4.60. The highest BCUT2D eigenvalue weighted by Crippen LogP contribution is 2.26. The van der Waals surface area contributed by atoms with Gasteiger partial charge in [-0.15, -0.1) is 0 Å². The summed E-state index contributed by atoms with van der Waals surface area (Å²) >= 11 is 0. The molecule has 4 nitrogen and oxygen atoms in total. The van der Waals surface area contributed by atoms with E-state index in [0.717, 1.165) is 5.56 Å². The van der Waals surface area contributed by atoms with E-state index in [4.69, 9.17) is 15.6 Å². The quantitative estimate of drug-likeness (QED) is 0.519. The Balaban J connectivity index is 2.75. The monoisotopic (exact) mass is 239 g/mol. The number of ether oxygens (including phenoxy) is 1. The molecule has 1 atom stereocenters. The molecule has 0 aliphatic carbocycles. The van der Waals surface area contributed by atoms with Crippen molar-refractivity contribution in [2.75, 3.05) is 18.9 Å². The number of para-hydroxylation sites is 1. The lowest BCUT2D eigenvalue weighted by molar-refractivity contribution is -0.179. The SMILES string of the molecule is CC(C)(O)OCC(CCO)c1ccccc1N. The number of benzene rings is 1. The Morgan fingerprint density at radius 2 is 2.00 bits per heavy atom. The Bertz CT molecular complexity index is 347. The molecule has 4 N–H and O–H groups in total. The lowest BCUT2D eigenvalue weighted by Crippen LogP contribution is -2.26. The van der Waals surface area contributed by atoms with Gasteiger partial charge in [0.2, 0.25) is 0 Å². The zero-order valence-corrected chi connectivity index (χ0v) is 10.4. The van der Waals surface area contributed by atoms with Gasteiger partial charge in [-0.25, -0.2) is 0 Å². The van der Waals surface area contributed by atoms with Crippen molar-refractivity contribution in [3.8, 4) is 0 Å². The summed E-state index contributed by atoms with van der Waals surface area (Å²) in [6.45, 7) is 3.56. The van der Waals surface area contributed by atoms with Crippen LogP contribution in [0.2, 0.25) is 0 Å². The molecule has 1 aromatic rings. The molecule has 0 aliphatic rings. The Kier molecular flexibility index (Phi) is 4.93. The van der Waals surface area contributed by atoms with Crippen LogP contribution in [0.25, 0.3) is 0 Å². The summed E-state index contributed by atoms with van der Waals surface area (Å²) in [6, 6.07) is 7.51. The summed E-state index contributed by atoms with van der Waals surface area (Å²) in [5.74, 6) is -1.18. The molecule has 0 fully saturated rings. The molecule has 0 spiro atoms. The molecule has 0 aliphatic heterocycles. The van der Waals surface area contributed by atoms with Crippen molar-refractivity contribution in [2.24, 2.45) is 0 Å². The molecule has 4 heteroatoms. The summed E-state index contributed by atoms with van der Waals surface area (Å²) in [6.07, 6.45) is 0.560. The number of rotatable bonds is 6. The van der Waals surface area contributed by atoms with Crippen LogP contribution in [0.3, 0.4) is 0 Å². The van der Waals surface area contributed by atoms with Crippen molar-refractivity contribution in [3.05, 3.63) is 29.8 Å². The number of hydrogen-bond acceptors (Lipinski definition) is 4. The van der Waals surface area contributed by atoms with Crippen LogP contribution in [0.4, 0.5) is 5.69 Å². The first-order valence-electron chi connectivity index (χ1n) is 5.75. The van der Waals surface area contributed by atoms with E-state index in [9.17, 15) is 5.11 Å². The average Bonchev–Trinajstić information content (AvgIpc) is 2.24. The number of hydrogen-bond donors (Lipinski definition) is 3. The minimum absolute atomic E-state index is 0.00683. The third kappa shape index (κ3) is 4.73. The van der Waals surface area contributed by atoms with Crippen LogP contribution in [-0.4, -0.2) is 29.2 Å². The van der Waals surface area contributed by atoms with Gasteiger partial charge in [0.15, 0.2) is 5.79 Å². The van der Waals surface area contributed by atoms with Crippen LogP contribution >= 0.6 is 0 Å². The number of anilines is 1. The molecule has 17 heavy (non-hydrogen) atoms. The maximum absolute atomic E-state index is 9.53. The van der Waals surface area contributed by atoms with Gasteiger partial charge in [0.05, 0.1) is 6.61 Å². The summed E-state index contributed by atoms with van der Waals surface area (Å²) in [5.41, 5.74) is 7.53. The van der Waals surface area contributed by atoms with E-state index in [1.165, 1.54) is 0 Å². The van der Waals surface area contributed by atoms with Gasteiger partial charge in [0.25, 0.3) is 0 Å². The van der Waals surface area contributed by atoms with Crippen molar-refractivity contribution in [3.63, 3.8) is 0 Å². The standard InChI is InChI=1S/C13H21NO3/c1-13(2,16)17-9-10(7-8-15)11-5-3-4-6-12(11)14/h3-6,10,15-16H,7-9,14H2,1-2H3. The summed E-state index contributed by atoms with van der Waals surface area (Å²) in [7, 11) is 0. The minimum atomic E-state index is -1.17. The van der Waals surface area contributed by atoms with Crippen LogP contribution in [-0.2, 0) is 4.74 Å². The molecule has 0 saturated heterocycles. The van der Waals surface area contributed by atoms with E-state index in [0.29, 0.717) is 18.7 Å². The van der Waals surface area contributed by atoms with Gasteiger partial charge in [-0.1, -0.05) is 18.2 Å². The lowest BCUT2D eigenvalue weighted by atomic mass is 9.95. The van der Waals surface area contributed by atoms with Crippen molar-refractivity contribution in [1.82, 2.24) is 0 Å². The van der Waals surface area contributed by atoms with E-state index in [1.54, 1.807) is 13.8 Å². The number of aliphatic hydroxyl groups is 2. The minimum Gasteiger partial charge on any atom is -0.398 e. The smallest absolute Gasteiger partial charge is 0.159 e. The predicted octanol–water partition coefficient (Wildman–Crippen LogP) is 1.48. The molecular formula is C13H21NO3. The van der Waals surface area contributed by atoms with Gasteiger partial charge in [0, 0.05) is 18.2 Å². The fourth-order valence-corrected chi connectivity index (χ4v) is 1.67.